The van der Waals surface area contributed by atoms with Crippen molar-refractivity contribution in [3.8, 4) is 11.5 Å². The number of sulfonamides is 1. The smallest absolute Gasteiger partial charge is 0.234 e. The van der Waals surface area contributed by atoms with E-state index in [1.165, 1.54) is 0 Å². The molecule has 0 unspecified atom stereocenters. The van der Waals surface area contributed by atoms with Gasteiger partial charge in [0.05, 0.1) is 18.5 Å². The van der Waals surface area contributed by atoms with Crippen molar-refractivity contribution in [1.82, 2.24) is 14.5 Å². The Morgan fingerprint density at radius 1 is 1.21 bits per heavy atom. The second kappa shape index (κ2) is 6.86. The van der Waals surface area contributed by atoms with Crippen LogP contribution in [-0.2, 0) is 23.6 Å². The van der Waals surface area contributed by atoms with E-state index in [0.29, 0.717) is 11.5 Å². The minimum Gasteiger partial charge on any atom is -0.463 e. The Bertz CT molecular complexity index is 927. The fourth-order valence-electron chi connectivity index (χ4n) is 2.22. The fourth-order valence-corrected chi connectivity index (χ4v) is 3.00. The highest BCUT2D eigenvalue weighted by molar-refractivity contribution is 7.92. The zero-order chi connectivity index (χ0) is 17.0. The lowest BCUT2D eigenvalue weighted by Gasteiger charge is -2.00. The van der Waals surface area contributed by atoms with E-state index < -0.39 is 10.0 Å². The number of aryl methyl sites for hydroxylation is 1. The van der Waals surface area contributed by atoms with Gasteiger partial charge in [0.25, 0.3) is 0 Å². The standard InChI is InChI=1S/C17H17N3O3S/c1-20-16(17-8-5-10-23-17)12-15(19-20)13-18-24(21,22)11-9-14-6-3-2-4-7-14/h2-12,18H,13H2,1H3. The molecular formula is C17H17N3O3S. The molecule has 3 aromatic rings. The van der Waals surface area contributed by atoms with Crippen LogP contribution in [0.5, 0.6) is 0 Å². The first-order valence-corrected chi connectivity index (χ1v) is 8.88. The molecule has 0 saturated carbocycles. The van der Waals surface area contributed by atoms with Gasteiger partial charge in [-0.15, -0.1) is 0 Å². The monoisotopic (exact) mass is 343 g/mol. The van der Waals surface area contributed by atoms with E-state index in [0.717, 1.165) is 16.7 Å². The van der Waals surface area contributed by atoms with E-state index >= 15 is 0 Å². The van der Waals surface area contributed by atoms with E-state index in [9.17, 15) is 8.42 Å². The Balaban J connectivity index is 1.67. The van der Waals surface area contributed by atoms with Crippen LogP contribution in [0.25, 0.3) is 17.5 Å². The average Bonchev–Trinajstić information content (AvgIpc) is 3.22. The molecule has 0 aliphatic rings. The molecule has 0 bridgehead atoms. The SMILES string of the molecule is Cn1nc(CNS(=O)(=O)C=Cc2ccccc2)cc1-c1ccco1. The Morgan fingerprint density at radius 3 is 2.71 bits per heavy atom. The Kier molecular flexibility index (Phi) is 4.64. The van der Waals surface area contributed by atoms with Crippen LogP contribution in [0.2, 0.25) is 0 Å². The van der Waals surface area contributed by atoms with Crippen LogP contribution in [0.1, 0.15) is 11.3 Å². The van der Waals surface area contributed by atoms with Gasteiger partial charge in [0.15, 0.2) is 5.76 Å². The molecule has 24 heavy (non-hydrogen) atoms. The average molecular weight is 343 g/mol. The molecule has 0 aliphatic carbocycles. The molecule has 124 valence electrons. The second-order valence-electron chi connectivity index (χ2n) is 5.20. The molecule has 2 aromatic heterocycles. The molecule has 0 atom stereocenters. The first-order chi connectivity index (χ1) is 11.5. The van der Waals surface area contributed by atoms with Crippen LogP contribution in [0.4, 0.5) is 0 Å². The van der Waals surface area contributed by atoms with Crippen LogP contribution >= 0.6 is 0 Å². The van der Waals surface area contributed by atoms with Crippen molar-refractivity contribution in [2.24, 2.45) is 7.05 Å². The number of hydrogen-bond acceptors (Lipinski definition) is 4. The fraction of sp³-hybridized carbons (Fsp3) is 0.118. The number of aromatic nitrogens is 2. The van der Waals surface area contributed by atoms with E-state index in [1.807, 2.05) is 36.4 Å². The van der Waals surface area contributed by atoms with Gasteiger partial charge in [-0.1, -0.05) is 30.3 Å². The topological polar surface area (TPSA) is 77.1 Å². The number of benzene rings is 1. The Morgan fingerprint density at radius 2 is 2.00 bits per heavy atom. The molecule has 0 spiro atoms. The Hall–Kier alpha value is -2.64. The molecule has 0 saturated heterocycles. The highest BCUT2D eigenvalue weighted by Gasteiger charge is 2.12. The zero-order valence-electron chi connectivity index (χ0n) is 13.1. The second-order valence-corrected chi connectivity index (χ2v) is 6.85. The van der Waals surface area contributed by atoms with Gasteiger partial charge in [0, 0.05) is 12.5 Å². The quantitative estimate of drug-likeness (QED) is 0.746. The van der Waals surface area contributed by atoms with Crippen LogP contribution in [0.3, 0.4) is 0 Å². The van der Waals surface area contributed by atoms with Gasteiger partial charge in [-0.05, 0) is 29.8 Å². The van der Waals surface area contributed by atoms with Gasteiger partial charge in [0.1, 0.15) is 5.69 Å². The summed E-state index contributed by atoms with van der Waals surface area (Å²) in [5, 5.41) is 5.45. The molecule has 3 rings (SSSR count). The number of nitrogens with one attached hydrogen (secondary N) is 1. The lowest BCUT2D eigenvalue weighted by atomic mass is 10.2. The van der Waals surface area contributed by atoms with Crippen molar-refractivity contribution in [3.63, 3.8) is 0 Å². The van der Waals surface area contributed by atoms with E-state index in [-0.39, 0.29) is 6.54 Å². The predicted molar refractivity (Wildman–Crippen MR) is 92.1 cm³/mol. The van der Waals surface area contributed by atoms with Crippen molar-refractivity contribution in [2.45, 2.75) is 6.54 Å². The van der Waals surface area contributed by atoms with Crippen molar-refractivity contribution in [2.75, 3.05) is 0 Å². The highest BCUT2D eigenvalue weighted by atomic mass is 32.2. The molecule has 0 aliphatic heterocycles. The maximum absolute atomic E-state index is 12.0. The van der Waals surface area contributed by atoms with Gasteiger partial charge in [0.2, 0.25) is 10.0 Å². The number of nitrogens with zero attached hydrogens (tertiary/aromatic N) is 2. The summed E-state index contributed by atoms with van der Waals surface area (Å²) in [5.41, 5.74) is 2.22. The Labute approximate surface area is 140 Å². The van der Waals surface area contributed by atoms with E-state index in [2.05, 4.69) is 9.82 Å². The first kappa shape index (κ1) is 16.2. The molecule has 7 heteroatoms. The lowest BCUT2D eigenvalue weighted by Crippen LogP contribution is -2.20. The molecule has 0 amide bonds. The predicted octanol–water partition coefficient (Wildman–Crippen LogP) is 2.77. The molecule has 0 fully saturated rings. The maximum atomic E-state index is 12.0. The highest BCUT2D eigenvalue weighted by Crippen LogP contribution is 2.20. The van der Waals surface area contributed by atoms with Crippen molar-refractivity contribution in [3.05, 3.63) is 71.5 Å². The summed E-state index contributed by atoms with van der Waals surface area (Å²) >= 11 is 0. The zero-order valence-corrected chi connectivity index (χ0v) is 13.9. The van der Waals surface area contributed by atoms with Crippen LogP contribution in [0.15, 0.2) is 64.6 Å². The molecular weight excluding hydrogens is 326 g/mol. The van der Waals surface area contributed by atoms with Gasteiger partial charge < -0.3 is 4.42 Å². The summed E-state index contributed by atoms with van der Waals surface area (Å²) < 4.78 is 33.6. The minimum atomic E-state index is -3.54. The molecule has 1 N–H and O–H groups in total. The lowest BCUT2D eigenvalue weighted by molar-refractivity contribution is 0.572. The summed E-state index contributed by atoms with van der Waals surface area (Å²) in [6, 6.07) is 14.7. The third-order valence-electron chi connectivity index (χ3n) is 3.40. The van der Waals surface area contributed by atoms with Crippen LogP contribution < -0.4 is 4.72 Å². The summed E-state index contributed by atoms with van der Waals surface area (Å²) in [6.07, 6.45) is 3.13. The normalized spacial score (nSPS) is 12.0. The summed E-state index contributed by atoms with van der Waals surface area (Å²) in [7, 11) is -1.76. The third kappa shape index (κ3) is 4.01. The third-order valence-corrected chi connectivity index (χ3v) is 4.44. The largest absolute Gasteiger partial charge is 0.463 e. The number of furan rings is 1. The van der Waals surface area contributed by atoms with E-state index in [1.54, 1.807) is 36.2 Å². The molecule has 2 heterocycles. The van der Waals surface area contributed by atoms with Crippen LogP contribution in [-0.4, -0.2) is 18.2 Å². The van der Waals surface area contributed by atoms with Crippen molar-refractivity contribution >= 4 is 16.1 Å². The molecule has 0 radical (unpaired) electrons. The van der Waals surface area contributed by atoms with Crippen molar-refractivity contribution < 1.29 is 12.8 Å². The van der Waals surface area contributed by atoms with Crippen LogP contribution in [0, 0.1) is 0 Å². The first-order valence-electron chi connectivity index (χ1n) is 7.33. The summed E-state index contributed by atoms with van der Waals surface area (Å²) in [4.78, 5) is 0. The van der Waals surface area contributed by atoms with E-state index in [4.69, 9.17) is 4.42 Å². The number of rotatable bonds is 6. The van der Waals surface area contributed by atoms with Crippen molar-refractivity contribution in [1.29, 1.82) is 0 Å². The number of hydrogen-bond donors (Lipinski definition) is 1. The summed E-state index contributed by atoms with van der Waals surface area (Å²) in [6.45, 7) is 0.107. The van der Waals surface area contributed by atoms with Gasteiger partial charge in [-0.25, -0.2) is 13.1 Å². The van der Waals surface area contributed by atoms with Gasteiger partial charge >= 0.3 is 0 Å². The minimum absolute atomic E-state index is 0.107. The molecule has 1 aromatic carbocycles. The molecule has 6 nitrogen and oxygen atoms in total. The van der Waals surface area contributed by atoms with Gasteiger partial charge in [-0.3, -0.25) is 4.68 Å². The summed E-state index contributed by atoms with van der Waals surface area (Å²) in [5.74, 6) is 0.683. The van der Waals surface area contributed by atoms with Gasteiger partial charge in [-0.2, -0.15) is 5.10 Å². The maximum Gasteiger partial charge on any atom is 0.234 e.